The van der Waals surface area contributed by atoms with Crippen molar-refractivity contribution in [3.05, 3.63) is 51.5 Å². The standard InChI is InChI=1S/C28H34BrN3O3/c1-16-10-20(11-16)30-21-12-23-24(25(29)13-21)15-32(28(23)34)22-8-5-18(6-9-22)27(33)31-19-7-4-17(2)26(14-19)35-3/h4,7,12-14,16,18,20,22,30H,5-6,8-11,15H2,1-3H3,(H,31,33). The molecular weight excluding hydrogens is 506 g/mol. The molecule has 2 saturated carbocycles. The van der Waals surface area contributed by atoms with E-state index in [1.165, 1.54) is 12.8 Å². The van der Waals surface area contributed by atoms with E-state index in [0.717, 1.165) is 69.9 Å². The molecule has 1 aliphatic heterocycles. The van der Waals surface area contributed by atoms with Crippen LogP contribution in [-0.2, 0) is 11.3 Å². The molecule has 1 heterocycles. The van der Waals surface area contributed by atoms with Crippen molar-refractivity contribution in [2.75, 3.05) is 17.7 Å². The van der Waals surface area contributed by atoms with Gasteiger partial charge in [0, 0.05) is 52.0 Å². The highest BCUT2D eigenvalue weighted by Crippen LogP contribution is 2.39. The molecule has 6 nitrogen and oxygen atoms in total. The average molecular weight is 541 g/mol. The summed E-state index contributed by atoms with van der Waals surface area (Å²) in [5, 5.41) is 6.64. The number of nitrogens with zero attached hydrogens (tertiary/aromatic N) is 1. The molecule has 7 heteroatoms. The molecule has 0 radical (unpaired) electrons. The van der Waals surface area contributed by atoms with Crippen molar-refractivity contribution in [3.63, 3.8) is 0 Å². The van der Waals surface area contributed by atoms with E-state index in [-0.39, 0.29) is 23.8 Å². The van der Waals surface area contributed by atoms with Crippen molar-refractivity contribution in [1.29, 1.82) is 0 Å². The van der Waals surface area contributed by atoms with Gasteiger partial charge in [0.15, 0.2) is 0 Å². The van der Waals surface area contributed by atoms with Crippen LogP contribution < -0.4 is 15.4 Å². The average Bonchev–Trinajstić information content (AvgIpc) is 3.16. The number of nitrogens with one attached hydrogen (secondary N) is 2. The van der Waals surface area contributed by atoms with Crippen LogP contribution in [0.2, 0.25) is 0 Å². The first-order valence-corrected chi connectivity index (χ1v) is 13.5. The molecule has 2 aliphatic carbocycles. The Labute approximate surface area is 215 Å². The summed E-state index contributed by atoms with van der Waals surface area (Å²) < 4.78 is 6.37. The summed E-state index contributed by atoms with van der Waals surface area (Å²) in [6, 6.07) is 10.5. The fraction of sp³-hybridized carbons (Fsp3) is 0.500. The zero-order valence-electron chi connectivity index (χ0n) is 20.7. The van der Waals surface area contributed by atoms with Crippen LogP contribution in [0.4, 0.5) is 11.4 Å². The van der Waals surface area contributed by atoms with Crippen molar-refractivity contribution in [1.82, 2.24) is 4.90 Å². The number of rotatable bonds is 6. The molecule has 2 N–H and O–H groups in total. The summed E-state index contributed by atoms with van der Waals surface area (Å²) in [6.07, 6.45) is 5.63. The van der Waals surface area contributed by atoms with Crippen LogP contribution in [-0.4, -0.2) is 35.9 Å². The molecule has 0 unspecified atom stereocenters. The SMILES string of the molecule is COc1cc(NC(=O)C2CCC(N3Cc4c(Br)cc(NC5CC(C)C5)cc4C3=O)CC2)ccc1C. The van der Waals surface area contributed by atoms with Gasteiger partial charge in [-0.15, -0.1) is 0 Å². The van der Waals surface area contributed by atoms with Crippen LogP contribution in [0.5, 0.6) is 5.75 Å². The van der Waals surface area contributed by atoms with Crippen LogP contribution >= 0.6 is 15.9 Å². The number of ether oxygens (including phenoxy) is 1. The van der Waals surface area contributed by atoms with E-state index in [0.29, 0.717) is 12.6 Å². The molecule has 2 fully saturated rings. The van der Waals surface area contributed by atoms with Crippen LogP contribution in [0.3, 0.4) is 0 Å². The van der Waals surface area contributed by atoms with Gasteiger partial charge in [-0.1, -0.05) is 28.9 Å². The van der Waals surface area contributed by atoms with E-state index in [2.05, 4.69) is 39.6 Å². The van der Waals surface area contributed by atoms with Crippen molar-refractivity contribution in [3.8, 4) is 5.75 Å². The van der Waals surface area contributed by atoms with Gasteiger partial charge in [-0.3, -0.25) is 9.59 Å². The van der Waals surface area contributed by atoms with Crippen LogP contribution in [0.15, 0.2) is 34.8 Å². The van der Waals surface area contributed by atoms with Gasteiger partial charge in [0.25, 0.3) is 5.91 Å². The van der Waals surface area contributed by atoms with Crippen LogP contribution in [0.1, 0.15) is 66.9 Å². The topological polar surface area (TPSA) is 70.7 Å². The second-order valence-electron chi connectivity index (χ2n) is 10.5. The molecule has 2 amide bonds. The Morgan fingerprint density at radius 2 is 1.83 bits per heavy atom. The smallest absolute Gasteiger partial charge is 0.254 e. The molecule has 5 rings (SSSR count). The van der Waals surface area contributed by atoms with Crippen LogP contribution in [0, 0.1) is 18.8 Å². The molecule has 0 spiro atoms. The number of aryl methyl sites for hydroxylation is 1. The number of hydrogen-bond donors (Lipinski definition) is 2. The minimum atomic E-state index is -0.0361. The maximum Gasteiger partial charge on any atom is 0.254 e. The third-order valence-corrected chi connectivity index (χ3v) is 8.65. The summed E-state index contributed by atoms with van der Waals surface area (Å²) in [5.41, 5.74) is 4.71. The Bertz CT molecular complexity index is 1140. The molecule has 3 aliphatic rings. The van der Waals surface area contributed by atoms with E-state index < -0.39 is 0 Å². The third-order valence-electron chi connectivity index (χ3n) is 7.94. The largest absolute Gasteiger partial charge is 0.496 e. The van der Waals surface area contributed by atoms with E-state index in [9.17, 15) is 9.59 Å². The number of methoxy groups -OCH3 is 1. The van der Waals surface area contributed by atoms with Gasteiger partial charge in [-0.25, -0.2) is 0 Å². The molecule has 186 valence electrons. The number of carbonyl (C=O) groups excluding carboxylic acids is 2. The normalized spacial score (nSPS) is 25.6. The molecular formula is C28H34BrN3O3. The summed E-state index contributed by atoms with van der Waals surface area (Å²) in [6.45, 7) is 4.89. The lowest BCUT2D eigenvalue weighted by atomic mass is 9.82. The van der Waals surface area contributed by atoms with Gasteiger partial charge in [-0.2, -0.15) is 0 Å². The van der Waals surface area contributed by atoms with Gasteiger partial charge in [0.2, 0.25) is 5.91 Å². The highest BCUT2D eigenvalue weighted by molar-refractivity contribution is 9.10. The maximum absolute atomic E-state index is 13.4. The zero-order valence-corrected chi connectivity index (χ0v) is 22.3. The lowest BCUT2D eigenvalue weighted by molar-refractivity contribution is -0.121. The summed E-state index contributed by atoms with van der Waals surface area (Å²) in [4.78, 5) is 28.3. The van der Waals surface area contributed by atoms with Crippen molar-refractivity contribution in [2.24, 2.45) is 11.8 Å². The Morgan fingerprint density at radius 3 is 2.51 bits per heavy atom. The lowest BCUT2D eigenvalue weighted by Crippen LogP contribution is -2.40. The predicted octanol–water partition coefficient (Wildman–Crippen LogP) is 6.13. The van der Waals surface area contributed by atoms with Gasteiger partial charge in [-0.05, 0) is 80.7 Å². The summed E-state index contributed by atoms with van der Waals surface area (Å²) in [7, 11) is 1.64. The van der Waals surface area contributed by atoms with Gasteiger partial charge in [0.05, 0.1) is 7.11 Å². The molecule has 0 saturated heterocycles. The van der Waals surface area contributed by atoms with E-state index in [4.69, 9.17) is 4.74 Å². The second-order valence-corrected chi connectivity index (χ2v) is 11.4. The van der Waals surface area contributed by atoms with E-state index in [1.807, 2.05) is 36.1 Å². The number of anilines is 2. The number of carbonyl (C=O) groups is 2. The van der Waals surface area contributed by atoms with Gasteiger partial charge in [0.1, 0.15) is 5.75 Å². The third kappa shape index (κ3) is 4.92. The fourth-order valence-electron chi connectivity index (χ4n) is 5.81. The zero-order chi connectivity index (χ0) is 24.7. The number of hydrogen-bond acceptors (Lipinski definition) is 4. The first kappa shape index (κ1) is 24.2. The summed E-state index contributed by atoms with van der Waals surface area (Å²) >= 11 is 3.71. The molecule has 0 bridgehead atoms. The molecule has 2 aromatic carbocycles. The predicted molar refractivity (Wildman–Crippen MR) is 142 cm³/mol. The quantitative estimate of drug-likeness (QED) is 0.463. The minimum Gasteiger partial charge on any atom is -0.496 e. The second kappa shape index (κ2) is 9.84. The number of fused-ring (bicyclic) bond motifs is 1. The van der Waals surface area contributed by atoms with Crippen molar-refractivity contribution >= 4 is 39.1 Å². The highest BCUT2D eigenvalue weighted by Gasteiger charge is 2.37. The lowest BCUT2D eigenvalue weighted by Gasteiger charge is -2.34. The number of benzene rings is 2. The number of halogens is 1. The first-order chi connectivity index (χ1) is 16.8. The Hall–Kier alpha value is -2.54. The highest BCUT2D eigenvalue weighted by atomic mass is 79.9. The fourth-order valence-corrected chi connectivity index (χ4v) is 6.40. The number of amides is 2. The Morgan fingerprint density at radius 1 is 1.09 bits per heavy atom. The first-order valence-electron chi connectivity index (χ1n) is 12.7. The van der Waals surface area contributed by atoms with Gasteiger partial charge < -0.3 is 20.3 Å². The van der Waals surface area contributed by atoms with Crippen LogP contribution in [0.25, 0.3) is 0 Å². The Kier molecular flexibility index (Phi) is 6.80. The van der Waals surface area contributed by atoms with E-state index in [1.54, 1.807) is 7.11 Å². The molecule has 2 aromatic rings. The van der Waals surface area contributed by atoms with Crippen molar-refractivity contribution in [2.45, 2.75) is 71.0 Å². The molecule has 35 heavy (non-hydrogen) atoms. The minimum absolute atomic E-state index is 0.0361. The van der Waals surface area contributed by atoms with Gasteiger partial charge >= 0.3 is 0 Å². The van der Waals surface area contributed by atoms with E-state index >= 15 is 0 Å². The Balaban J connectivity index is 1.18. The molecule has 0 aromatic heterocycles. The summed E-state index contributed by atoms with van der Waals surface area (Å²) in [5.74, 6) is 1.68. The molecule has 0 atom stereocenters. The monoisotopic (exact) mass is 539 g/mol. The maximum atomic E-state index is 13.4. The van der Waals surface area contributed by atoms with Crippen molar-refractivity contribution < 1.29 is 14.3 Å².